The minimum absolute atomic E-state index is 0.168. The number of rotatable bonds is 4. The topological polar surface area (TPSA) is 110 Å². The van der Waals surface area contributed by atoms with Gasteiger partial charge in [-0.25, -0.2) is 14.8 Å². The molecule has 2 heterocycles. The number of carbonyl (C=O) groups excluding carboxylic acids is 1. The van der Waals surface area contributed by atoms with Gasteiger partial charge in [-0.2, -0.15) is 0 Å². The van der Waals surface area contributed by atoms with Crippen LogP contribution in [0.5, 0.6) is 0 Å². The van der Waals surface area contributed by atoms with Gasteiger partial charge in [-0.15, -0.1) is 0 Å². The van der Waals surface area contributed by atoms with Gasteiger partial charge in [-0.05, 0) is 19.8 Å². The van der Waals surface area contributed by atoms with Gasteiger partial charge in [0.05, 0.1) is 5.97 Å². The van der Waals surface area contributed by atoms with E-state index in [1.165, 1.54) is 18.5 Å². The van der Waals surface area contributed by atoms with Gasteiger partial charge in [-0.1, -0.05) is 24.6 Å². The molecule has 1 saturated carbocycles. The minimum atomic E-state index is -1.24. The first-order valence-corrected chi connectivity index (χ1v) is 9.04. The molecule has 2 aromatic rings. The van der Waals surface area contributed by atoms with Crippen molar-refractivity contribution < 1.29 is 9.90 Å². The molecule has 134 valence electrons. The summed E-state index contributed by atoms with van der Waals surface area (Å²) in [5.74, 6) is -0.497. The maximum atomic E-state index is 12.6. The van der Waals surface area contributed by atoms with Gasteiger partial charge in [0.2, 0.25) is 0 Å². The number of thioether (sulfide) groups is 1. The van der Waals surface area contributed by atoms with Gasteiger partial charge in [0.1, 0.15) is 16.2 Å². The summed E-state index contributed by atoms with van der Waals surface area (Å²) in [5.41, 5.74) is -0.750. The van der Waals surface area contributed by atoms with Crippen molar-refractivity contribution in [1.29, 1.82) is 0 Å². The summed E-state index contributed by atoms with van der Waals surface area (Å²) < 4.78 is 2.29. The number of fused-ring (bicyclic) bond motifs is 1. The number of carboxylic acids is 1. The van der Waals surface area contributed by atoms with E-state index in [-0.39, 0.29) is 17.0 Å². The van der Waals surface area contributed by atoms with Gasteiger partial charge in [-0.3, -0.25) is 13.9 Å². The van der Waals surface area contributed by atoms with Gasteiger partial charge < -0.3 is 9.90 Å². The molecule has 0 unspecified atom stereocenters. The standard InChI is InChI=1S/C16H20N4O4S/c1-8(15(22)23)25-13-10-12(19(2)16(24)20(3)14(10)21)17-11(18-13)9-6-4-5-7-9/h8-9H,4-7H2,1-3H3,(H,22,23)/p-1/t8-/m0/s1. The molecule has 25 heavy (non-hydrogen) atoms. The van der Waals surface area contributed by atoms with Crippen molar-refractivity contribution in [2.45, 2.75) is 48.8 Å². The fourth-order valence-electron chi connectivity index (χ4n) is 3.11. The van der Waals surface area contributed by atoms with E-state index in [1.807, 2.05) is 0 Å². The van der Waals surface area contributed by atoms with Crippen LogP contribution in [0.25, 0.3) is 11.0 Å². The third-order valence-electron chi connectivity index (χ3n) is 4.62. The summed E-state index contributed by atoms with van der Waals surface area (Å²) in [4.78, 5) is 45.0. The average molecular weight is 363 g/mol. The molecule has 0 N–H and O–H groups in total. The Hall–Kier alpha value is -2.16. The second kappa shape index (κ2) is 6.62. The third kappa shape index (κ3) is 3.08. The number of aliphatic carboxylic acids is 1. The van der Waals surface area contributed by atoms with Crippen LogP contribution in [-0.4, -0.2) is 30.3 Å². The Morgan fingerprint density at radius 3 is 2.44 bits per heavy atom. The quantitative estimate of drug-likeness (QED) is 0.552. The molecular weight excluding hydrogens is 344 g/mol. The zero-order valence-electron chi connectivity index (χ0n) is 14.3. The predicted octanol–water partition coefficient (Wildman–Crippen LogP) is -0.0847. The monoisotopic (exact) mass is 363 g/mol. The van der Waals surface area contributed by atoms with Gasteiger partial charge in [0, 0.05) is 25.3 Å². The number of aryl methyl sites for hydroxylation is 1. The Kier molecular flexibility index (Phi) is 4.68. The van der Waals surface area contributed by atoms with Crippen LogP contribution in [0.15, 0.2) is 14.6 Å². The Morgan fingerprint density at radius 2 is 1.84 bits per heavy atom. The SMILES string of the molecule is C[C@H](Sc1nc(C2CCCC2)nc2c1c(=O)n(C)c(=O)n2C)C(=O)[O-]. The zero-order chi connectivity index (χ0) is 18.3. The van der Waals surface area contributed by atoms with E-state index in [1.54, 1.807) is 7.05 Å². The van der Waals surface area contributed by atoms with E-state index in [2.05, 4.69) is 9.97 Å². The first-order chi connectivity index (χ1) is 11.8. The lowest BCUT2D eigenvalue weighted by atomic mass is 10.1. The molecule has 3 rings (SSSR count). The van der Waals surface area contributed by atoms with Gasteiger partial charge >= 0.3 is 5.69 Å². The van der Waals surface area contributed by atoms with Crippen LogP contribution in [0, 0.1) is 0 Å². The van der Waals surface area contributed by atoms with Crippen LogP contribution in [-0.2, 0) is 18.9 Å². The number of carboxylic acid groups (broad SMARTS) is 1. The molecule has 1 atom stereocenters. The molecule has 1 aliphatic rings. The Morgan fingerprint density at radius 1 is 1.20 bits per heavy atom. The fourth-order valence-corrected chi connectivity index (χ4v) is 3.99. The molecule has 0 aliphatic heterocycles. The summed E-state index contributed by atoms with van der Waals surface area (Å²) in [5, 5.41) is 10.7. The van der Waals surface area contributed by atoms with Crippen molar-refractivity contribution in [2.75, 3.05) is 0 Å². The zero-order valence-corrected chi connectivity index (χ0v) is 15.1. The largest absolute Gasteiger partial charge is 0.549 e. The molecule has 8 nitrogen and oxygen atoms in total. The maximum absolute atomic E-state index is 12.6. The summed E-state index contributed by atoms with van der Waals surface area (Å²) >= 11 is 0.950. The number of hydrogen-bond donors (Lipinski definition) is 0. The molecule has 0 saturated heterocycles. The number of hydrogen-bond acceptors (Lipinski definition) is 7. The number of nitrogens with zero attached hydrogens (tertiary/aromatic N) is 4. The van der Waals surface area contributed by atoms with E-state index in [0.29, 0.717) is 10.9 Å². The summed E-state index contributed by atoms with van der Waals surface area (Å²) in [6.45, 7) is 1.48. The molecule has 0 aromatic carbocycles. The van der Waals surface area contributed by atoms with Crippen molar-refractivity contribution >= 4 is 28.8 Å². The predicted molar refractivity (Wildman–Crippen MR) is 91.6 cm³/mol. The lowest BCUT2D eigenvalue weighted by Crippen LogP contribution is -2.38. The van der Waals surface area contributed by atoms with Crippen LogP contribution >= 0.6 is 11.8 Å². The second-order valence-electron chi connectivity index (χ2n) is 6.35. The van der Waals surface area contributed by atoms with Crippen molar-refractivity contribution in [2.24, 2.45) is 14.1 Å². The van der Waals surface area contributed by atoms with Gasteiger partial charge in [0.25, 0.3) is 5.56 Å². The minimum Gasteiger partial charge on any atom is -0.549 e. The fraction of sp³-hybridized carbons (Fsp3) is 0.562. The molecule has 0 radical (unpaired) electrons. The molecule has 1 fully saturated rings. The van der Waals surface area contributed by atoms with E-state index in [0.717, 1.165) is 42.0 Å². The third-order valence-corrected chi connectivity index (χ3v) is 5.69. The van der Waals surface area contributed by atoms with E-state index < -0.39 is 22.5 Å². The van der Waals surface area contributed by atoms with Crippen molar-refractivity contribution in [1.82, 2.24) is 19.1 Å². The van der Waals surface area contributed by atoms with Gasteiger partial charge in [0.15, 0.2) is 5.65 Å². The van der Waals surface area contributed by atoms with Crippen LogP contribution in [0.1, 0.15) is 44.3 Å². The lowest BCUT2D eigenvalue weighted by molar-refractivity contribution is -0.304. The Bertz CT molecular complexity index is 959. The van der Waals surface area contributed by atoms with E-state index in [4.69, 9.17) is 0 Å². The van der Waals surface area contributed by atoms with E-state index >= 15 is 0 Å². The molecule has 9 heteroatoms. The molecule has 2 aromatic heterocycles. The smallest absolute Gasteiger partial charge is 0.332 e. The number of carbonyl (C=O) groups is 1. The highest BCUT2D eigenvalue weighted by Gasteiger charge is 2.25. The average Bonchev–Trinajstić information content (AvgIpc) is 3.11. The highest BCUT2D eigenvalue weighted by molar-refractivity contribution is 8.00. The highest BCUT2D eigenvalue weighted by Crippen LogP contribution is 2.34. The molecular formula is C16H19N4O4S-. The summed E-state index contributed by atoms with van der Waals surface area (Å²) in [7, 11) is 2.93. The lowest BCUT2D eigenvalue weighted by Gasteiger charge is -2.17. The number of aromatic nitrogens is 4. The summed E-state index contributed by atoms with van der Waals surface area (Å²) in [6.07, 6.45) is 4.06. The molecule has 0 spiro atoms. The highest BCUT2D eigenvalue weighted by atomic mass is 32.2. The van der Waals surface area contributed by atoms with Crippen LogP contribution < -0.4 is 16.4 Å². The molecule has 0 bridgehead atoms. The first kappa shape index (κ1) is 17.7. The summed E-state index contributed by atoms with van der Waals surface area (Å²) in [6, 6.07) is 0. The Labute approximate surface area is 147 Å². The van der Waals surface area contributed by atoms with Crippen molar-refractivity contribution in [3.05, 3.63) is 26.7 Å². The second-order valence-corrected chi connectivity index (χ2v) is 7.68. The van der Waals surface area contributed by atoms with Crippen molar-refractivity contribution in [3.8, 4) is 0 Å². The van der Waals surface area contributed by atoms with Crippen LogP contribution in [0.3, 0.4) is 0 Å². The molecule has 0 amide bonds. The van der Waals surface area contributed by atoms with E-state index in [9.17, 15) is 19.5 Å². The van der Waals surface area contributed by atoms with Crippen molar-refractivity contribution in [3.63, 3.8) is 0 Å². The van der Waals surface area contributed by atoms with Crippen LogP contribution in [0.4, 0.5) is 0 Å². The maximum Gasteiger partial charge on any atom is 0.332 e. The molecule has 1 aliphatic carbocycles. The van der Waals surface area contributed by atoms with Crippen LogP contribution in [0.2, 0.25) is 0 Å². The normalized spacial score (nSPS) is 16.4. The first-order valence-electron chi connectivity index (χ1n) is 8.16. The Balaban J connectivity index is 2.31.